The SMILES string of the molecule is CCOP(O)OCC/C=C/c1ccc(Br)cc1. The molecule has 0 aromatic heterocycles. The van der Waals surface area contributed by atoms with Crippen LogP contribution in [-0.4, -0.2) is 18.1 Å². The largest absolute Gasteiger partial charge is 0.329 e. The van der Waals surface area contributed by atoms with E-state index in [1.54, 1.807) is 0 Å². The van der Waals surface area contributed by atoms with Crippen molar-refractivity contribution in [2.24, 2.45) is 0 Å². The van der Waals surface area contributed by atoms with Crippen LogP contribution in [0.2, 0.25) is 0 Å². The molecule has 1 aromatic carbocycles. The van der Waals surface area contributed by atoms with Gasteiger partial charge in [-0.2, -0.15) is 0 Å². The summed E-state index contributed by atoms with van der Waals surface area (Å²) in [6.45, 7) is 2.76. The molecule has 1 rings (SSSR count). The van der Waals surface area contributed by atoms with Crippen molar-refractivity contribution in [3.05, 3.63) is 40.4 Å². The van der Waals surface area contributed by atoms with Gasteiger partial charge in [0.15, 0.2) is 0 Å². The highest BCUT2D eigenvalue weighted by atomic mass is 79.9. The third-order valence-electron chi connectivity index (χ3n) is 1.91. The molecule has 1 atom stereocenters. The van der Waals surface area contributed by atoms with E-state index in [4.69, 9.17) is 9.05 Å². The summed E-state index contributed by atoms with van der Waals surface area (Å²) in [5.41, 5.74) is 1.14. The first-order chi connectivity index (χ1) is 8.22. The van der Waals surface area contributed by atoms with Gasteiger partial charge in [0.1, 0.15) is 0 Å². The second-order valence-electron chi connectivity index (χ2n) is 3.23. The molecule has 0 saturated carbocycles. The van der Waals surface area contributed by atoms with Gasteiger partial charge in [-0.3, -0.25) is 0 Å². The molecular weight excluding hydrogens is 303 g/mol. The van der Waals surface area contributed by atoms with Crippen LogP contribution in [0.3, 0.4) is 0 Å². The van der Waals surface area contributed by atoms with Gasteiger partial charge in [-0.1, -0.05) is 40.2 Å². The molecule has 0 radical (unpaired) electrons. The van der Waals surface area contributed by atoms with Gasteiger partial charge in [0.2, 0.25) is 0 Å². The quantitative estimate of drug-likeness (QED) is 0.607. The van der Waals surface area contributed by atoms with Gasteiger partial charge in [-0.15, -0.1) is 0 Å². The Kier molecular flexibility index (Phi) is 7.65. The fourth-order valence-corrected chi connectivity index (χ4v) is 1.96. The Balaban J connectivity index is 2.20. The molecule has 0 aliphatic carbocycles. The first-order valence-electron chi connectivity index (χ1n) is 5.39. The maximum Gasteiger partial charge on any atom is 0.329 e. The van der Waals surface area contributed by atoms with E-state index in [1.807, 2.05) is 43.3 Å². The Hall–Kier alpha value is -0.250. The van der Waals surface area contributed by atoms with E-state index >= 15 is 0 Å². The summed E-state index contributed by atoms with van der Waals surface area (Å²) < 4.78 is 11.0. The lowest BCUT2D eigenvalue weighted by atomic mass is 10.2. The minimum absolute atomic E-state index is 0.467. The molecule has 0 spiro atoms. The third kappa shape index (κ3) is 6.92. The minimum atomic E-state index is -1.70. The molecule has 1 aromatic rings. The van der Waals surface area contributed by atoms with Crippen LogP contribution in [0.15, 0.2) is 34.8 Å². The Labute approximate surface area is 112 Å². The van der Waals surface area contributed by atoms with Crippen LogP contribution in [0.4, 0.5) is 0 Å². The van der Waals surface area contributed by atoms with Crippen molar-refractivity contribution >= 4 is 30.6 Å². The average molecular weight is 319 g/mol. The summed E-state index contributed by atoms with van der Waals surface area (Å²) in [4.78, 5) is 9.19. The first-order valence-corrected chi connectivity index (χ1v) is 7.31. The first kappa shape index (κ1) is 14.8. The lowest BCUT2D eigenvalue weighted by molar-refractivity contribution is 0.210. The second kappa shape index (κ2) is 8.78. The van der Waals surface area contributed by atoms with E-state index in [1.165, 1.54) is 0 Å². The van der Waals surface area contributed by atoms with Gasteiger partial charge in [0.25, 0.3) is 0 Å². The van der Waals surface area contributed by atoms with Gasteiger partial charge in [-0.05, 0) is 31.0 Å². The molecule has 94 valence electrons. The number of rotatable bonds is 7. The maximum atomic E-state index is 9.19. The van der Waals surface area contributed by atoms with Crippen molar-refractivity contribution in [3.8, 4) is 0 Å². The van der Waals surface area contributed by atoms with E-state index in [-0.39, 0.29) is 0 Å². The van der Waals surface area contributed by atoms with E-state index in [0.717, 1.165) is 16.5 Å². The van der Waals surface area contributed by atoms with Crippen molar-refractivity contribution in [2.75, 3.05) is 13.2 Å². The Morgan fingerprint density at radius 2 is 2.00 bits per heavy atom. The molecule has 0 aliphatic rings. The Bertz CT molecular complexity index is 340. The highest BCUT2D eigenvalue weighted by Gasteiger charge is 2.02. The van der Waals surface area contributed by atoms with Gasteiger partial charge in [-0.25, -0.2) is 0 Å². The molecule has 17 heavy (non-hydrogen) atoms. The summed E-state index contributed by atoms with van der Waals surface area (Å²) in [5, 5.41) is 0. The second-order valence-corrected chi connectivity index (χ2v) is 5.14. The van der Waals surface area contributed by atoms with Crippen molar-refractivity contribution in [3.63, 3.8) is 0 Å². The molecule has 0 bridgehead atoms. The van der Waals surface area contributed by atoms with Crippen molar-refractivity contribution in [1.29, 1.82) is 0 Å². The zero-order valence-electron chi connectivity index (χ0n) is 9.67. The predicted octanol–water partition coefficient (Wildman–Crippen LogP) is 4.12. The van der Waals surface area contributed by atoms with Crippen LogP contribution < -0.4 is 0 Å². The smallest absolute Gasteiger partial charge is 0.328 e. The maximum absolute atomic E-state index is 9.19. The highest BCUT2D eigenvalue weighted by Crippen LogP contribution is 2.32. The van der Waals surface area contributed by atoms with E-state index in [2.05, 4.69) is 15.9 Å². The van der Waals surface area contributed by atoms with E-state index < -0.39 is 8.60 Å². The van der Waals surface area contributed by atoms with E-state index in [0.29, 0.717) is 13.2 Å². The molecule has 0 aliphatic heterocycles. The molecule has 5 heteroatoms. The van der Waals surface area contributed by atoms with Crippen LogP contribution >= 0.6 is 24.5 Å². The van der Waals surface area contributed by atoms with Gasteiger partial charge >= 0.3 is 8.60 Å². The minimum Gasteiger partial charge on any atom is -0.328 e. The monoisotopic (exact) mass is 318 g/mol. The number of hydrogen-bond donors (Lipinski definition) is 1. The zero-order chi connectivity index (χ0) is 12.5. The molecule has 0 heterocycles. The summed E-state index contributed by atoms with van der Waals surface area (Å²) in [5.74, 6) is 0. The molecule has 1 N–H and O–H groups in total. The highest BCUT2D eigenvalue weighted by molar-refractivity contribution is 9.10. The molecule has 0 saturated heterocycles. The van der Waals surface area contributed by atoms with Crippen LogP contribution in [0.25, 0.3) is 6.08 Å². The number of benzene rings is 1. The fourth-order valence-electron chi connectivity index (χ4n) is 1.14. The van der Waals surface area contributed by atoms with Crippen LogP contribution in [0.1, 0.15) is 18.9 Å². The third-order valence-corrected chi connectivity index (χ3v) is 3.32. The predicted molar refractivity (Wildman–Crippen MR) is 74.5 cm³/mol. The van der Waals surface area contributed by atoms with Crippen LogP contribution in [0.5, 0.6) is 0 Å². The van der Waals surface area contributed by atoms with Gasteiger partial charge in [0.05, 0.1) is 13.2 Å². The van der Waals surface area contributed by atoms with Gasteiger partial charge < -0.3 is 13.9 Å². The lowest BCUT2D eigenvalue weighted by Gasteiger charge is -2.07. The zero-order valence-corrected chi connectivity index (χ0v) is 12.2. The molecule has 1 unspecified atom stereocenters. The standard InChI is InChI=1S/C12H16BrO3P/c1-2-15-17(14)16-10-4-3-5-11-6-8-12(13)9-7-11/h3,5-9,14H,2,4,10H2,1H3/b5-3+. The normalized spacial score (nSPS) is 13.1. The lowest BCUT2D eigenvalue weighted by Crippen LogP contribution is -1.91. The van der Waals surface area contributed by atoms with Crippen molar-refractivity contribution in [1.82, 2.24) is 0 Å². The molecular formula is C12H16BrO3P. The number of halogens is 1. The Morgan fingerprint density at radius 1 is 1.29 bits per heavy atom. The summed E-state index contributed by atoms with van der Waals surface area (Å²) in [6.07, 6.45) is 4.79. The number of hydrogen-bond acceptors (Lipinski definition) is 3. The Morgan fingerprint density at radius 3 is 2.65 bits per heavy atom. The fraction of sp³-hybridized carbons (Fsp3) is 0.333. The van der Waals surface area contributed by atoms with E-state index in [9.17, 15) is 4.89 Å². The summed E-state index contributed by atoms with van der Waals surface area (Å²) >= 11 is 3.39. The summed E-state index contributed by atoms with van der Waals surface area (Å²) in [7, 11) is -1.70. The summed E-state index contributed by atoms with van der Waals surface area (Å²) in [6, 6.07) is 8.05. The van der Waals surface area contributed by atoms with Crippen molar-refractivity contribution < 1.29 is 13.9 Å². The molecule has 3 nitrogen and oxygen atoms in total. The van der Waals surface area contributed by atoms with Crippen molar-refractivity contribution in [2.45, 2.75) is 13.3 Å². The van der Waals surface area contributed by atoms with Crippen LogP contribution in [0, 0.1) is 0 Å². The average Bonchev–Trinajstić information content (AvgIpc) is 2.31. The molecule has 0 amide bonds. The topological polar surface area (TPSA) is 38.7 Å². The van der Waals surface area contributed by atoms with Crippen LogP contribution in [-0.2, 0) is 9.05 Å². The molecule has 0 fully saturated rings. The van der Waals surface area contributed by atoms with Gasteiger partial charge in [0, 0.05) is 4.47 Å².